The van der Waals surface area contributed by atoms with Gasteiger partial charge in [0.15, 0.2) is 23.0 Å². The Morgan fingerprint density at radius 1 is 1.17 bits per heavy atom. The molecule has 24 heavy (non-hydrogen) atoms. The number of benzene rings is 1. The standard InChI is InChI=1S/C17H17FO6/c1-8-5-9(19)6-12(23-4)17(8)16(20)13-10(21-2)7-11(22-3)14(18)15(13)24-17/h6-8H,5H2,1-4H3/t8-,17+/m1/s1. The summed E-state index contributed by atoms with van der Waals surface area (Å²) in [4.78, 5) is 25.0. The lowest BCUT2D eigenvalue weighted by Gasteiger charge is -2.36. The van der Waals surface area contributed by atoms with Gasteiger partial charge >= 0.3 is 0 Å². The van der Waals surface area contributed by atoms with E-state index in [1.807, 2.05) is 0 Å². The van der Waals surface area contributed by atoms with Crippen LogP contribution in [0.15, 0.2) is 17.9 Å². The summed E-state index contributed by atoms with van der Waals surface area (Å²) < 4.78 is 35.9. The number of ketones is 2. The largest absolute Gasteiger partial charge is 0.496 e. The van der Waals surface area contributed by atoms with Gasteiger partial charge in [-0.05, 0) is 0 Å². The number of allylic oxidation sites excluding steroid dienone is 1. The molecule has 1 spiro atoms. The average molecular weight is 336 g/mol. The highest BCUT2D eigenvalue weighted by Gasteiger charge is 2.60. The van der Waals surface area contributed by atoms with Gasteiger partial charge in [-0.15, -0.1) is 0 Å². The fourth-order valence-electron chi connectivity index (χ4n) is 3.30. The predicted molar refractivity (Wildman–Crippen MR) is 81.1 cm³/mol. The first-order chi connectivity index (χ1) is 11.4. The van der Waals surface area contributed by atoms with Crippen molar-refractivity contribution in [3.63, 3.8) is 0 Å². The summed E-state index contributed by atoms with van der Waals surface area (Å²) in [6, 6.07) is 1.29. The van der Waals surface area contributed by atoms with Gasteiger partial charge in [0.05, 0.1) is 21.3 Å². The van der Waals surface area contributed by atoms with Crippen molar-refractivity contribution in [3.05, 3.63) is 29.3 Å². The molecule has 0 saturated carbocycles. The number of hydrogen-bond donors (Lipinski definition) is 0. The van der Waals surface area contributed by atoms with Crippen molar-refractivity contribution in [3.8, 4) is 17.2 Å². The van der Waals surface area contributed by atoms with Crippen LogP contribution in [0, 0.1) is 11.7 Å². The summed E-state index contributed by atoms with van der Waals surface area (Å²) in [5.74, 6) is -2.14. The summed E-state index contributed by atoms with van der Waals surface area (Å²) >= 11 is 0. The van der Waals surface area contributed by atoms with Crippen molar-refractivity contribution in [1.29, 1.82) is 0 Å². The molecule has 0 aromatic heterocycles. The molecule has 1 aliphatic carbocycles. The summed E-state index contributed by atoms with van der Waals surface area (Å²) in [7, 11) is 4.01. The molecular weight excluding hydrogens is 319 g/mol. The number of carbonyl (C=O) groups is 2. The van der Waals surface area contributed by atoms with Crippen molar-refractivity contribution in [2.45, 2.75) is 18.9 Å². The van der Waals surface area contributed by atoms with Gasteiger partial charge in [-0.1, -0.05) is 6.92 Å². The second kappa shape index (κ2) is 5.51. The highest BCUT2D eigenvalue weighted by Crippen LogP contribution is 2.52. The lowest BCUT2D eigenvalue weighted by atomic mass is 9.75. The van der Waals surface area contributed by atoms with Crippen LogP contribution in [0.3, 0.4) is 0 Å². The first-order valence-electron chi connectivity index (χ1n) is 7.38. The molecule has 3 rings (SSSR count). The molecule has 0 amide bonds. The Balaban J connectivity index is 2.26. The monoisotopic (exact) mass is 336 g/mol. The summed E-state index contributed by atoms with van der Waals surface area (Å²) in [6.45, 7) is 1.69. The van der Waals surface area contributed by atoms with Crippen molar-refractivity contribution >= 4 is 11.6 Å². The maximum Gasteiger partial charge on any atom is 0.231 e. The molecule has 0 fully saturated rings. The zero-order chi connectivity index (χ0) is 17.6. The van der Waals surface area contributed by atoms with Gasteiger partial charge in [0.1, 0.15) is 11.3 Å². The van der Waals surface area contributed by atoms with Gasteiger partial charge in [-0.25, -0.2) is 0 Å². The number of Topliss-reactive ketones (excluding diaryl/α,β-unsaturated/α-hetero) is 1. The van der Waals surface area contributed by atoms with E-state index in [1.54, 1.807) is 6.92 Å². The molecule has 0 radical (unpaired) electrons. The van der Waals surface area contributed by atoms with Gasteiger partial charge in [0.25, 0.3) is 0 Å². The lowest BCUT2D eigenvalue weighted by molar-refractivity contribution is -0.118. The normalized spacial score (nSPS) is 25.2. The van der Waals surface area contributed by atoms with Crippen molar-refractivity contribution in [2.75, 3.05) is 21.3 Å². The van der Waals surface area contributed by atoms with Crippen LogP contribution in [-0.2, 0) is 9.53 Å². The van der Waals surface area contributed by atoms with Crippen LogP contribution >= 0.6 is 0 Å². The molecule has 1 aliphatic heterocycles. The molecule has 1 heterocycles. The first kappa shape index (κ1) is 16.3. The highest BCUT2D eigenvalue weighted by molar-refractivity contribution is 6.13. The third-order valence-corrected chi connectivity index (χ3v) is 4.50. The van der Waals surface area contributed by atoms with Gasteiger partial charge < -0.3 is 18.9 Å². The minimum Gasteiger partial charge on any atom is -0.496 e. The maximum absolute atomic E-state index is 14.7. The Hall–Kier alpha value is -2.57. The van der Waals surface area contributed by atoms with Crippen LogP contribution in [0.1, 0.15) is 23.7 Å². The van der Waals surface area contributed by atoms with Crippen molar-refractivity contribution in [2.24, 2.45) is 5.92 Å². The Labute approximate surface area is 138 Å². The number of rotatable bonds is 3. The van der Waals surface area contributed by atoms with Crippen LogP contribution in [0.4, 0.5) is 4.39 Å². The molecular formula is C17H17FO6. The average Bonchev–Trinajstić information content (AvgIpc) is 2.87. The van der Waals surface area contributed by atoms with E-state index in [0.717, 1.165) is 0 Å². The number of carbonyl (C=O) groups excluding carboxylic acids is 2. The number of ether oxygens (including phenoxy) is 4. The van der Waals surface area contributed by atoms with E-state index >= 15 is 0 Å². The third kappa shape index (κ3) is 1.93. The Morgan fingerprint density at radius 3 is 2.42 bits per heavy atom. The van der Waals surface area contributed by atoms with Crippen LogP contribution in [-0.4, -0.2) is 38.5 Å². The molecule has 0 N–H and O–H groups in total. The van der Waals surface area contributed by atoms with Gasteiger partial charge in [0.2, 0.25) is 17.2 Å². The molecule has 0 unspecified atom stereocenters. The van der Waals surface area contributed by atoms with Gasteiger partial charge in [-0.2, -0.15) is 4.39 Å². The second-order valence-corrected chi connectivity index (χ2v) is 5.75. The number of fused-ring (bicyclic) bond motifs is 1. The summed E-state index contributed by atoms with van der Waals surface area (Å²) in [5.41, 5.74) is -1.59. The Bertz CT molecular complexity index is 769. The molecule has 128 valence electrons. The molecule has 2 aliphatic rings. The molecule has 1 aromatic carbocycles. The van der Waals surface area contributed by atoms with E-state index in [0.29, 0.717) is 0 Å². The minimum atomic E-state index is -1.58. The second-order valence-electron chi connectivity index (χ2n) is 5.75. The maximum atomic E-state index is 14.7. The Morgan fingerprint density at radius 2 is 1.83 bits per heavy atom. The van der Waals surface area contributed by atoms with E-state index in [4.69, 9.17) is 18.9 Å². The molecule has 0 bridgehead atoms. The molecule has 7 heteroatoms. The van der Waals surface area contributed by atoms with Crippen LogP contribution in [0.2, 0.25) is 0 Å². The third-order valence-electron chi connectivity index (χ3n) is 4.50. The predicted octanol–water partition coefficient (Wildman–Crippen LogP) is 2.30. The molecule has 0 saturated heterocycles. The fourth-order valence-corrected chi connectivity index (χ4v) is 3.30. The quantitative estimate of drug-likeness (QED) is 0.843. The number of halogens is 1. The summed E-state index contributed by atoms with van der Waals surface area (Å²) in [6.07, 6.45) is 1.32. The number of hydrogen-bond acceptors (Lipinski definition) is 6. The van der Waals surface area contributed by atoms with Crippen LogP contribution in [0.25, 0.3) is 0 Å². The number of methoxy groups -OCH3 is 3. The van der Waals surface area contributed by atoms with Gasteiger partial charge in [-0.3, -0.25) is 9.59 Å². The van der Waals surface area contributed by atoms with Crippen molar-refractivity contribution < 1.29 is 32.9 Å². The van der Waals surface area contributed by atoms with E-state index in [1.165, 1.54) is 33.5 Å². The summed E-state index contributed by atoms with van der Waals surface area (Å²) in [5, 5.41) is 0. The van der Waals surface area contributed by atoms with E-state index < -0.39 is 23.1 Å². The fraction of sp³-hybridized carbons (Fsp3) is 0.412. The van der Waals surface area contributed by atoms with Gasteiger partial charge in [0, 0.05) is 24.5 Å². The molecule has 2 atom stereocenters. The van der Waals surface area contributed by atoms with Crippen LogP contribution in [0.5, 0.6) is 17.2 Å². The van der Waals surface area contributed by atoms with E-state index in [2.05, 4.69) is 0 Å². The van der Waals surface area contributed by atoms with E-state index in [9.17, 15) is 14.0 Å². The zero-order valence-corrected chi connectivity index (χ0v) is 13.8. The molecule has 6 nitrogen and oxygen atoms in total. The van der Waals surface area contributed by atoms with E-state index in [-0.39, 0.29) is 40.8 Å². The zero-order valence-electron chi connectivity index (χ0n) is 13.8. The van der Waals surface area contributed by atoms with Crippen molar-refractivity contribution in [1.82, 2.24) is 0 Å². The molecule has 1 aromatic rings. The SMILES string of the molecule is COC1=CC(=O)C[C@@H](C)[C@]12Oc1c(F)c(OC)cc(OC)c1C2=O. The Kier molecular flexibility index (Phi) is 3.74. The lowest BCUT2D eigenvalue weighted by Crippen LogP contribution is -2.51. The highest BCUT2D eigenvalue weighted by atomic mass is 19.1. The smallest absolute Gasteiger partial charge is 0.231 e. The van der Waals surface area contributed by atoms with Crippen LogP contribution < -0.4 is 14.2 Å². The topological polar surface area (TPSA) is 71.1 Å². The first-order valence-corrected chi connectivity index (χ1v) is 7.38. The minimum absolute atomic E-state index is 0.0139.